The van der Waals surface area contributed by atoms with Crippen molar-refractivity contribution < 1.29 is 15.0 Å². The molecule has 0 saturated carbocycles. The highest BCUT2D eigenvalue weighted by Gasteiger charge is 2.13. The quantitative estimate of drug-likeness (QED) is 0.631. The Morgan fingerprint density at radius 1 is 1.08 bits per heavy atom. The van der Waals surface area contributed by atoms with Crippen LogP contribution in [0.5, 0.6) is 0 Å². The van der Waals surface area contributed by atoms with Crippen LogP contribution in [0.3, 0.4) is 0 Å². The van der Waals surface area contributed by atoms with Crippen LogP contribution in [0.15, 0.2) is 36.4 Å². The fourth-order valence-electron chi connectivity index (χ4n) is 3.01. The molecule has 0 unspecified atom stereocenters. The molecule has 0 bridgehead atoms. The average Bonchev–Trinajstić information content (AvgIpc) is 2.65. The van der Waals surface area contributed by atoms with Crippen molar-refractivity contribution in [2.45, 2.75) is 26.6 Å². The number of rotatable bonds is 6. The van der Waals surface area contributed by atoms with Gasteiger partial charge in [-0.3, -0.25) is 4.79 Å². The molecule has 0 aliphatic rings. The highest BCUT2D eigenvalue weighted by molar-refractivity contribution is 5.94. The maximum Gasteiger partial charge on any atom is 0.223 e. The fourth-order valence-corrected chi connectivity index (χ4v) is 3.01. The first-order valence-corrected chi connectivity index (χ1v) is 8.37. The SMILES string of the molecule is CNc1nc(-c2cccc(CC(C)=O)c2)c2cc(CO)c(CO)cc2n1. The Morgan fingerprint density at radius 2 is 1.81 bits per heavy atom. The van der Waals surface area contributed by atoms with Gasteiger partial charge in [-0.15, -0.1) is 0 Å². The van der Waals surface area contributed by atoms with Gasteiger partial charge >= 0.3 is 0 Å². The van der Waals surface area contributed by atoms with E-state index in [-0.39, 0.29) is 19.0 Å². The van der Waals surface area contributed by atoms with E-state index in [1.807, 2.05) is 30.3 Å². The Hall–Kier alpha value is -2.83. The number of nitrogens with one attached hydrogen (secondary N) is 1. The maximum absolute atomic E-state index is 11.4. The third-order valence-corrected chi connectivity index (χ3v) is 4.23. The molecule has 1 aromatic heterocycles. The number of aliphatic hydroxyl groups is 2. The lowest BCUT2D eigenvalue weighted by Gasteiger charge is -2.13. The van der Waals surface area contributed by atoms with Gasteiger partial charge < -0.3 is 15.5 Å². The first-order chi connectivity index (χ1) is 12.5. The number of benzene rings is 2. The summed E-state index contributed by atoms with van der Waals surface area (Å²) < 4.78 is 0. The van der Waals surface area contributed by atoms with Crippen LogP contribution < -0.4 is 5.32 Å². The van der Waals surface area contributed by atoms with Gasteiger partial charge in [0.2, 0.25) is 5.95 Å². The van der Waals surface area contributed by atoms with Crippen LogP contribution in [0, 0.1) is 0 Å². The van der Waals surface area contributed by atoms with E-state index in [4.69, 9.17) is 0 Å². The number of aliphatic hydroxyl groups excluding tert-OH is 2. The fraction of sp³-hybridized carbons (Fsp3) is 0.250. The second-order valence-electron chi connectivity index (χ2n) is 6.18. The van der Waals surface area contributed by atoms with Gasteiger partial charge in [0.1, 0.15) is 5.78 Å². The topological polar surface area (TPSA) is 95.3 Å². The standard InChI is InChI=1S/C20H21N3O3/c1-12(26)6-13-4-3-5-14(7-13)19-17-8-15(10-24)16(11-25)9-18(17)22-20(21-2)23-19/h3-5,7-9,24-25H,6,10-11H2,1-2H3,(H,21,22,23). The van der Waals surface area contributed by atoms with Crippen molar-refractivity contribution in [3.63, 3.8) is 0 Å². The summed E-state index contributed by atoms with van der Waals surface area (Å²) in [5.74, 6) is 0.561. The highest BCUT2D eigenvalue weighted by atomic mass is 16.3. The summed E-state index contributed by atoms with van der Waals surface area (Å²) in [6, 6.07) is 11.3. The molecule has 134 valence electrons. The minimum atomic E-state index is -0.177. The zero-order chi connectivity index (χ0) is 18.7. The third-order valence-electron chi connectivity index (χ3n) is 4.23. The summed E-state index contributed by atoms with van der Waals surface area (Å²) in [4.78, 5) is 20.5. The molecular formula is C20H21N3O3. The summed E-state index contributed by atoms with van der Waals surface area (Å²) in [5, 5.41) is 22.9. The van der Waals surface area contributed by atoms with Crippen LogP contribution in [-0.4, -0.2) is 33.0 Å². The van der Waals surface area contributed by atoms with Crippen molar-refractivity contribution in [3.8, 4) is 11.3 Å². The van der Waals surface area contributed by atoms with Gasteiger partial charge in [-0.1, -0.05) is 18.2 Å². The molecule has 0 spiro atoms. The molecule has 6 nitrogen and oxygen atoms in total. The Labute approximate surface area is 151 Å². The van der Waals surface area contributed by atoms with Crippen molar-refractivity contribution in [2.24, 2.45) is 0 Å². The van der Waals surface area contributed by atoms with Gasteiger partial charge in [-0.05, 0) is 41.8 Å². The van der Waals surface area contributed by atoms with Crippen LogP contribution in [0.25, 0.3) is 22.2 Å². The first kappa shape index (κ1) is 18.0. The van der Waals surface area contributed by atoms with E-state index < -0.39 is 0 Å². The molecule has 0 radical (unpaired) electrons. The first-order valence-electron chi connectivity index (χ1n) is 8.37. The molecule has 0 atom stereocenters. The number of hydrogen-bond acceptors (Lipinski definition) is 6. The number of ketones is 1. The molecule has 2 aromatic carbocycles. The summed E-state index contributed by atoms with van der Waals surface area (Å²) in [6.07, 6.45) is 0.367. The second-order valence-corrected chi connectivity index (χ2v) is 6.18. The lowest BCUT2D eigenvalue weighted by atomic mass is 9.99. The molecule has 26 heavy (non-hydrogen) atoms. The Kier molecular flexibility index (Phi) is 5.25. The Bertz CT molecular complexity index is 970. The zero-order valence-electron chi connectivity index (χ0n) is 14.8. The predicted molar refractivity (Wildman–Crippen MR) is 101 cm³/mol. The summed E-state index contributed by atoms with van der Waals surface area (Å²) in [6.45, 7) is 1.22. The molecule has 0 aliphatic heterocycles. The maximum atomic E-state index is 11.4. The minimum Gasteiger partial charge on any atom is -0.392 e. The molecule has 0 amide bonds. The minimum absolute atomic E-state index is 0.0979. The number of hydrogen-bond donors (Lipinski definition) is 3. The van der Waals surface area contributed by atoms with Crippen LogP contribution in [0.4, 0.5) is 5.95 Å². The number of nitrogens with zero attached hydrogens (tertiary/aromatic N) is 2. The van der Waals surface area contributed by atoms with E-state index in [0.29, 0.717) is 34.7 Å². The summed E-state index contributed by atoms with van der Waals surface area (Å²) >= 11 is 0. The van der Waals surface area contributed by atoms with Crippen LogP contribution in [0.2, 0.25) is 0 Å². The Morgan fingerprint density at radius 3 is 2.46 bits per heavy atom. The van der Waals surface area contributed by atoms with Crippen molar-refractivity contribution in [3.05, 3.63) is 53.1 Å². The number of carbonyl (C=O) groups excluding carboxylic acids is 1. The molecule has 3 aromatic rings. The number of anilines is 1. The third kappa shape index (κ3) is 3.56. The van der Waals surface area contributed by atoms with E-state index in [1.54, 1.807) is 20.0 Å². The van der Waals surface area contributed by atoms with E-state index >= 15 is 0 Å². The lowest BCUT2D eigenvalue weighted by molar-refractivity contribution is -0.116. The van der Waals surface area contributed by atoms with Crippen molar-refractivity contribution >= 4 is 22.6 Å². The van der Waals surface area contributed by atoms with Gasteiger partial charge in [0, 0.05) is 24.4 Å². The van der Waals surface area contributed by atoms with E-state index in [1.165, 1.54) is 0 Å². The second kappa shape index (κ2) is 7.59. The van der Waals surface area contributed by atoms with Gasteiger partial charge in [0.05, 0.1) is 24.4 Å². The average molecular weight is 351 g/mol. The van der Waals surface area contributed by atoms with Crippen LogP contribution >= 0.6 is 0 Å². The molecule has 3 N–H and O–H groups in total. The summed E-state index contributed by atoms with van der Waals surface area (Å²) in [7, 11) is 1.74. The monoisotopic (exact) mass is 351 g/mol. The van der Waals surface area contributed by atoms with Gasteiger partial charge in [-0.25, -0.2) is 9.97 Å². The number of fused-ring (bicyclic) bond motifs is 1. The number of carbonyl (C=O) groups is 1. The van der Waals surface area contributed by atoms with Crippen molar-refractivity contribution in [1.29, 1.82) is 0 Å². The molecule has 0 fully saturated rings. The van der Waals surface area contributed by atoms with E-state index in [9.17, 15) is 15.0 Å². The molecule has 0 aliphatic carbocycles. The molecule has 1 heterocycles. The van der Waals surface area contributed by atoms with E-state index in [2.05, 4.69) is 15.3 Å². The van der Waals surface area contributed by atoms with Gasteiger partial charge in [-0.2, -0.15) is 0 Å². The predicted octanol–water partition coefficient (Wildman–Crippen LogP) is 2.45. The molecule has 0 saturated heterocycles. The van der Waals surface area contributed by atoms with Crippen LogP contribution in [-0.2, 0) is 24.4 Å². The van der Waals surface area contributed by atoms with Gasteiger partial charge in [0.25, 0.3) is 0 Å². The van der Waals surface area contributed by atoms with Gasteiger partial charge in [0.15, 0.2) is 0 Å². The van der Waals surface area contributed by atoms with Crippen LogP contribution in [0.1, 0.15) is 23.6 Å². The highest BCUT2D eigenvalue weighted by Crippen LogP contribution is 2.30. The smallest absolute Gasteiger partial charge is 0.223 e. The molecular weight excluding hydrogens is 330 g/mol. The number of aromatic nitrogens is 2. The van der Waals surface area contributed by atoms with E-state index in [0.717, 1.165) is 16.5 Å². The normalized spacial score (nSPS) is 10.9. The molecule has 6 heteroatoms. The largest absolute Gasteiger partial charge is 0.392 e. The van der Waals surface area contributed by atoms with Crippen molar-refractivity contribution in [1.82, 2.24) is 9.97 Å². The number of Topliss-reactive ketones (excluding diaryl/α,β-unsaturated/α-hetero) is 1. The summed E-state index contributed by atoms with van der Waals surface area (Å²) in [5.41, 5.74) is 4.45. The lowest BCUT2D eigenvalue weighted by Crippen LogP contribution is -2.02. The Balaban J connectivity index is 2.25. The zero-order valence-corrected chi connectivity index (χ0v) is 14.8. The van der Waals surface area contributed by atoms with Crippen molar-refractivity contribution in [2.75, 3.05) is 12.4 Å². The molecule has 3 rings (SSSR count).